The first kappa shape index (κ1) is 16.4. The van der Waals surface area contributed by atoms with Crippen LogP contribution in [0.3, 0.4) is 0 Å². The van der Waals surface area contributed by atoms with Crippen molar-refractivity contribution in [2.45, 2.75) is 13.3 Å². The molecule has 0 atom stereocenters. The summed E-state index contributed by atoms with van der Waals surface area (Å²) in [7, 11) is 0. The highest BCUT2D eigenvalue weighted by Gasteiger charge is 2.17. The van der Waals surface area contributed by atoms with Crippen LogP contribution in [-0.4, -0.2) is 0 Å². The van der Waals surface area contributed by atoms with Gasteiger partial charge in [-0.2, -0.15) is 0 Å². The molecule has 0 saturated carbocycles. The van der Waals surface area contributed by atoms with Gasteiger partial charge in [0, 0.05) is 0 Å². The van der Waals surface area contributed by atoms with Crippen molar-refractivity contribution in [1.29, 1.82) is 0 Å². The molecule has 0 aliphatic rings. The maximum Gasteiger partial charge on any atom is -0.00236 e. The van der Waals surface area contributed by atoms with E-state index in [1.807, 2.05) is 0 Å². The molecule has 0 aliphatic carbocycles. The number of hydrogen-bond acceptors (Lipinski definition) is 0. The van der Waals surface area contributed by atoms with Crippen molar-refractivity contribution in [2.75, 3.05) is 0 Å². The third-order valence-electron chi connectivity index (χ3n) is 4.78. The monoisotopic (exact) mass is 333 g/mol. The summed E-state index contributed by atoms with van der Waals surface area (Å²) < 4.78 is 0. The first-order chi connectivity index (χ1) is 12.9. The van der Waals surface area contributed by atoms with Gasteiger partial charge in [-0.05, 0) is 57.5 Å². The van der Waals surface area contributed by atoms with Gasteiger partial charge in [0.1, 0.15) is 0 Å². The van der Waals surface area contributed by atoms with Crippen molar-refractivity contribution < 1.29 is 0 Å². The van der Waals surface area contributed by atoms with Crippen molar-refractivity contribution in [3.05, 3.63) is 109 Å². The third kappa shape index (κ3) is 3.07. The van der Waals surface area contributed by atoms with Crippen LogP contribution in [0.25, 0.3) is 33.4 Å². The van der Waals surface area contributed by atoms with Gasteiger partial charge in [0.25, 0.3) is 0 Å². The molecule has 0 N–H and O–H groups in total. The molecule has 0 heteroatoms. The van der Waals surface area contributed by atoms with Gasteiger partial charge in [-0.15, -0.1) is 0 Å². The SMILES string of the molecule is CCc1[c]cc(-c2ccccc2)c(-c2ccccc2)c1-c1ccccc1. The first-order valence-electron chi connectivity index (χ1n) is 9.12. The molecule has 4 rings (SSSR count). The van der Waals surface area contributed by atoms with E-state index in [2.05, 4.69) is 110 Å². The quantitative estimate of drug-likeness (QED) is 0.375. The highest BCUT2D eigenvalue weighted by molar-refractivity contribution is 5.95. The van der Waals surface area contributed by atoms with Gasteiger partial charge in [-0.3, -0.25) is 0 Å². The fraction of sp³-hybridized carbons (Fsp3) is 0.0769. The lowest BCUT2D eigenvalue weighted by Crippen LogP contribution is -1.96. The lowest BCUT2D eigenvalue weighted by Gasteiger charge is -2.19. The minimum absolute atomic E-state index is 0.957. The van der Waals surface area contributed by atoms with Gasteiger partial charge >= 0.3 is 0 Å². The predicted molar refractivity (Wildman–Crippen MR) is 111 cm³/mol. The summed E-state index contributed by atoms with van der Waals surface area (Å²) in [4.78, 5) is 0. The molecule has 0 saturated heterocycles. The Labute approximate surface area is 155 Å². The maximum absolute atomic E-state index is 3.56. The van der Waals surface area contributed by atoms with Crippen LogP contribution in [0.2, 0.25) is 0 Å². The standard InChI is InChI=1S/C26H21/c1-2-20-18-19-24(21-12-6-3-7-13-21)26(23-16-10-5-11-17-23)25(20)22-14-8-4-9-15-22/h3-17,19H,2H2,1H3. The number of benzene rings is 4. The predicted octanol–water partition coefficient (Wildman–Crippen LogP) is 7.05. The van der Waals surface area contributed by atoms with E-state index in [1.54, 1.807) is 0 Å². The van der Waals surface area contributed by atoms with Crippen molar-refractivity contribution in [3.63, 3.8) is 0 Å². The molecule has 0 bridgehead atoms. The van der Waals surface area contributed by atoms with E-state index < -0.39 is 0 Å². The largest absolute Gasteiger partial charge is 0.0622 e. The van der Waals surface area contributed by atoms with Crippen LogP contribution in [0.4, 0.5) is 0 Å². The Morgan fingerprint density at radius 3 is 1.54 bits per heavy atom. The first-order valence-corrected chi connectivity index (χ1v) is 9.12. The molecule has 0 heterocycles. The molecule has 125 valence electrons. The topological polar surface area (TPSA) is 0 Å². The second-order valence-corrected chi connectivity index (χ2v) is 6.38. The molecular formula is C26H21. The number of rotatable bonds is 4. The number of aryl methyl sites for hydroxylation is 1. The summed E-state index contributed by atoms with van der Waals surface area (Å²) in [5.41, 5.74) is 8.79. The molecule has 1 radical (unpaired) electrons. The molecule has 0 amide bonds. The van der Waals surface area contributed by atoms with E-state index in [0.717, 1.165) is 6.42 Å². The Hall–Kier alpha value is -3.12. The second-order valence-electron chi connectivity index (χ2n) is 6.38. The zero-order chi connectivity index (χ0) is 17.8. The Kier molecular flexibility index (Phi) is 4.66. The molecule has 4 aromatic carbocycles. The van der Waals surface area contributed by atoms with Crippen LogP contribution in [0.5, 0.6) is 0 Å². The van der Waals surface area contributed by atoms with Gasteiger partial charge in [0.2, 0.25) is 0 Å². The average molecular weight is 333 g/mol. The van der Waals surface area contributed by atoms with E-state index in [9.17, 15) is 0 Å². The minimum atomic E-state index is 0.957. The van der Waals surface area contributed by atoms with Gasteiger partial charge in [0.05, 0.1) is 0 Å². The Morgan fingerprint density at radius 1 is 0.577 bits per heavy atom. The molecule has 0 spiro atoms. The van der Waals surface area contributed by atoms with Crippen LogP contribution < -0.4 is 0 Å². The molecule has 0 nitrogen and oxygen atoms in total. The van der Waals surface area contributed by atoms with E-state index >= 15 is 0 Å². The van der Waals surface area contributed by atoms with Crippen molar-refractivity contribution >= 4 is 0 Å². The molecule has 26 heavy (non-hydrogen) atoms. The molecule has 0 aliphatic heterocycles. The summed E-state index contributed by atoms with van der Waals surface area (Å²) in [6.07, 6.45) is 0.957. The summed E-state index contributed by atoms with van der Waals surface area (Å²) in [6, 6.07) is 37.7. The van der Waals surface area contributed by atoms with E-state index in [-0.39, 0.29) is 0 Å². The van der Waals surface area contributed by atoms with Crippen molar-refractivity contribution in [2.24, 2.45) is 0 Å². The summed E-state index contributed by atoms with van der Waals surface area (Å²) in [5, 5.41) is 0. The zero-order valence-electron chi connectivity index (χ0n) is 14.9. The fourth-order valence-corrected chi connectivity index (χ4v) is 3.54. The molecule has 0 aromatic heterocycles. The van der Waals surface area contributed by atoms with Crippen LogP contribution in [-0.2, 0) is 6.42 Å². The highest BCUT2D eigenvalue weighted by atomic mass is 14.2. The normalized spacial score (nSPS) is 10.7. The van der Waals surface area contributed by atoms with Crippen LogP contribution in [0.1, 0.15) is 12.5 Å². The zero-order valence-corrected chi connectivity index (χ0v) is 14.9. The van der Waals surface area contributed by atoms with Gasteiger partial charge in [-0.1, -0.05) is 97.9 Å². The van der Waals surface area contributed by atoms with Crippen LogP contribution >= 0.6 is 0 Å². The van der Waals surface area contributed by atoms with Gasteiger partial charge in [-0.25, -0.2) is 0 Å². The van der Waals surface area contributed by atoms with E-state index in [1.165, 1.54) is 38.9 Å². The molecular weight excluding hydrogens is 312 g/mol. The Balaban J connectivity index is 2.09. The van der Waals surface area contributed by atoms with Gasteiger partial charge < -0.3 is 0 Å². The molecule has 0 unspecified atom stereocenters. The summed E-state index contributed by atoms with van der Waals surface area (Å²) >= 11 is 0. The van der Waals surface area contributed by atoms with E-state index in [0.29, 0.717) is 0 Å². The van der Waals surface area contributed by atoms with Crippen LogP contribution in [0, 0.1) is 6.07 Å². The Morgan fingerprint density at radius 2 is 1.04 bits per heavy atom. The highest BCUT2D eigenvalue weighted by Crippen LogP contribution is 2.41. The lowest BCUT2D eigenvalue weighted by molar-refractivity contribution is 1.14. The van der Waals surface area contributed by atoms with E-state index in [4.69, 9.17) is 0 Å². The van der Waals surface area contributed by atoms with Crippen molar-refractivity contribution in [3.8, 4) is 33.4 Å². The average Bonchev–Trinajstić information content (AvgIpc) is 2.74. The summed E-state index contributed by atoms with van der Waals surface area (Å²) in [5.74, 6) is 0. The fourth-order valence-electron chi connectivity index (χ4n) is 3.54. The smallest absolute Gasteiger partial charge is 0.00236 e. The third-order valence-corrected chi connectivity index (χ3v) is 4.78. The van der Waals surface area contributed by atoms with Crippen LogP contribution in [0.15, 0.2) is 97.1 Å². The minimum Gasteiger partial charge on any atom is -0.0622 e. The summed E-state index contributed by atoms with van der Waals surface area (Å²) in [6.45, 7) is 2.20. The molecule has 4 aromatic rings. The van der Waals surface area contributed by atoms with Crippen molar-refractivity contribution in [1.82, 2.24) is 0 Å². The maximum atomic E-state index is 3.56. The Bertz CT molecular complexity index is 984. The molecule has 0 fully saturated rings. The second kappa shape index (κ2) is 7.41. The number of hydrogen-bond donors (Lipinski definition) is 0. The lowest BCUT2D eigenvalue weighted by atomic mass is 9.84. The van der Waals surface area contributed by atoms with Gasteiger partial charge in [0.15, 0.2) is 0 Å².